The summed E-state index contributed by atoms with van der Waals surface area (Å²) in [5.74, 6) is 0.809. The van der Waals surface area contributed by atoms with Gasteiger partial charge in [-0.1, -0.05) is 6.07 Å². The summed E-state index contributed by atoms with van der Waals surface area (Å²) in [4.78, 5) is 4.25. The van der Waals surface area contributed by atoms with E-state index in [-0.39, 0.29) is 12.2 Å². The van der Waals surface area contributed by atoms with Gasteiger partial charge < -0.3 is 9.84 Å². The molecule has 0 unspecified atom stereocenters. The van der Waals surface area contributed by atoms with Crippen molar-refractivity contribution in [3.63, 3.8) is 0 Å². The lowest BCUT2D eigenvalue weighted by molar-refractivity contribution is -0.0361. The van der Waals surface area contributed by atoms with Crippen LogP contribution >= 0.6 is 0 Å². The van der Waals surface area contributed by atoms with E-state index in [9.17, 15) is 5.11 Å². The zero-order valence-electron chi connectivity index (χ0n) is 8.84. The summed E-state index contributed by atoms with van der Waals surface area (Å²) >= 11 is 0. The molecule has 1 N–H and O–H groups in total. The van der Waals surface area contributed by atoms with Crippen molar-refractivity contribution in [3.8, 4) is 5.75 Å². The van der Waals surface area contributed by atoms with Crippen molar-refractivity contribution < 1.29 is 9.84 Å². The predicted molar refractivity (Wildman–Crippen MR) is 61.4 cm³/mol. The molecule has 3 heteroatoms. The first-order valence-corrected chi connectivity index (χ1v) is 5.52. The van der Waals surface area contributed by atoms with Gasteiger partial charge in [-0.3, -0.25) is 4.98 Å². The minimum absolute atomic E-state index is 0.0332. The van der Waals surface area contributed by atoms with Crippen LogP contribution in [0.4, 0.5) is 0 Å². The lowest BCUT2D eigenvalue weighted by Gasteiger charge is -2.32. The summed E-state index contributed by atoms with van der Waals surface area (Å²) in [6.07, 6.45) is 3.23. The second-order valence-corrected chi connectivity index (χ2v) is 4.16. The van der Waals surface area contributed by atoms with E-state index in [1.54, 1.807) is 6.20 Å². The molecule has 0 radical (unpaired) electrons. The Bertz CT molecular complexity index is 512. The van der Waals surface area contributed by atoms with Crippen molar-refractivity contribution in [2.24, 2.45) is 0 Å². The maximum Gasteiger partial charge on any atom is 0.125 e. The highest BCUT2D eigenvalue weighted by Crippen LogP contribution is 2.27. The summed E-state index contributed by atoms with van der Waals surface area (Å²) in [6.45, 7) is 0. The number of hydrogen-bond acceptors (Lipinski definition) is 3. The molecule has 3 nitrogen and oxygen atoms in total. The maximum atomic E-state index is 9.44. The molecule has 1 saturated carbocycles. The molecular formula is C13H13NO2. The molecule has 2 atom stereocenters. The van der Waals surface area contributed by atoms with Gasteiger partial charge in [-0.15, -0.1) is 0 Å². The Kier molecular flexibility index (Phi) is 2.26. The van der Waals surface area contributed by atoms with E-state index in [1.807, 2.05) is 30.3 Å². The van der Waals surface area contributed by atoms with Crippen LogP contribution < -0.4 is 4.74 Å². The third kappa shape index (κ3) is 1.63. The van der Waals surface area contributed by atoms with E-state index >= 15 is 0 Å². The van der Waals surface area contributed by atoms with Crippen LogP contribution in [0, 0.1) is 0 Å². The van der Waals surface area contributed by atoms with Crippen molar-refractivity contribution in [1.82, 2.24) is 4.98 Å². The Labute approximate surface area is 93.7 Å². The highest BCUT2D eigenvalue weighted by Gasteiger charge is 2.30. The number of pyridine rings is 1. The number of nitrogens with zero attached hydrogens (tertiary/aromatic N) is 1. The minimum Gasteiger partial charge on any atom is -0.488 e. The van der Waals surface area contributed by atoms with Gasteiger partial charge >= 0.3 is 0 Å². The van der Waals surface area contributed by atoms with Crippen LogP contribution in [0.1, 0.15) is 12.8 Å². The van der Waals surface area contributed by atoms with Gasteiger partial charge in [0.1, 0.15) is 11.9 Å². The number of benzene rings is 1. The molecule has 1 fully saturated rings. The Hall–Kier alpha value is -1.61. The smallest absolute Gasteiger partial charge is 0.125 e. The van der Waals surface area contributed by atoms with E-state index < -0.39 is 0 Å². The average molecular weight is 215 g/mol. The van der Waals surface area contributed by atoms with E-state index in [4.69, 9.17) is 4.74 Å². The Morgan fingerprint density at radius 2 is 2.19 bits per heavy atom. The van der Waals surface area contributed by atoms with Gasteiger partial charge in [0, 0.05) is 11.6 Å². The maximum absolute atomic E-state index is 9.44. The molecule has 0 saturated heterocycles. The van der Waals surface area contributed by atoms with Crippen molar-refractivity contribution in [2.75, 3.05) is 0 Å². The van der Waals surface area contributed by atoms with Crippen molar-refractivity contribution in [3.05, 3.63) is 36.5 Å². The Balaban J connectivity index is 1.87. The molecule has 1 aromatic carbocycles. The van der Waals surface area contributed by atoms with Crippen LogP contribution in [0.3, 0.4) is 0 Å². The van der Waals surface area contributed by atoms with Gasteiger partial charge in [0.15, 0.2) is 0 Å². The van der Waals surface area contributed by atoms with Crippen molar-refractivity contribution in [2.45, 2.75) is 25.0 Å². The van der Waals surface area contributed by atoms with E-state index in [0.717, 1.165) is 29.5 Å². The van der Waals surface area contributed by atoms with Crippen LogP contribution in [0.25, 0.3) is 10.9 Å². The topological polar surface area (TPSA) is 42.4 Å². The number of aliphatic hydroxyl groups excluding tert-OH is 1. The van der Waals surface area contributed by atoms with Crippen LogP contribution in [0.5, 0.6) is 5.75 Å². The SMILES string of the molecule is O[C@@H]1CC[C@H]1Oc1ccc2ncccc2c1. The lowest BCUT2D eigenvalue weighted by Crippen LogP contribution is -2.41. The van der Waals surface area contributed by atoms with Crippen LogP contribution in [-0.4, -0.2) is 22.3 Å². The first-order valence-electron chi connectivity index (χ1n) is 5.52. The fourth-order valence-corrected chi connectivity index (χ4v) is 1.89. The summed E-state index contributed by atoms with van der Waals surface area (Å²) in [5.41, 5.74) is 0.962. The predicted octanol–water partition coefficient (Wildman–Crippen LogP) is 2.14. The molecule has 1 aromatic heterocycles. The monoisotopic (exact) mass is 215 g/mol. The molecule has 1 heterocycles. The lowest BCUT2D eigenvalue weighted by atomic mass is 9.92. The van der Waals surface area contributed by atoms with Gasteiger partial charge in [-0.05, 0) is 37.1 Å². The van der Waals surface area contributed by atoms with Crippen molar-refractivity contribution >= 4 is 10.9 Å². The molecule has 1 aliphatic carbocycles. The standard InChI is InChI=1S/C13H13NO2/c15-12-5-6-13(12)16-10-3-4-11-9(8-10)2-1-7-14-11/h1-4,7-8,12-13,15H,5-6H2/t12-,13-/m1/s1. The van der Waals surface area contributed by atoms with Crippen LogP contribution in [0.2, 0.25) is 0 Å². The number of aliphatic hydroxyl groups is 1. The first-order chi connectivity index (χ1) is 7.83. The highest BCUT2D eigenvalue weighted by molar-refractivity contribution is 5.79. The fraction of sp³-hybridized carbons (Fsp3) is 0.308. The summed E-state index contributed by atoms with van der Waals surface area (Å²) in [7, 11) is 0. The molecular weight excluding hydrogens is 202 g/mol. The fourth-order valence-electron chi connectivity index (χ4n) is 1.89. The first kappa shape index (κ1) is 9.60. The van der Waals surface area contributed by atoms with Crippen LogP contribution in [-0.2, 0) is 0 Å². The minimum atomic E-state index is -0.301. The molecule has 1 aliphatic rings. The van der Waals surface area contributed by atoms with E-state index in [0.29, 0.717) is 0 Å². The van der Waals surface area contributed by atoms with E-state index in [2.05, 4.69) is 4.98 Å². The third-order valence-electron chi connectivity index (χ3n) is 3.04. The summed E-state index contributed by atoms with van der Waals surface area (Å²) in [6, 6.07) is 9.72. The average Bonchev–Trinajstić information content (AvgIpc) is 2.34. The Morgan fingerprint density at radius 1 is 1.25 bits per heavy atom. The van der Waals surface area contributed by atoms with Gasteiger partial charge in [0.2, 0.25) is 0 Å². The summed E-state index contributed by atoms with van der Waals surface area (Å²) in [5, 5.41) is 10.5. The molecule has 0 spiro atoms. The normalized spacial score (nSPS) is 24.1. The van der Waals surface area contributed by atoms with Gasteiger partial charge in [0.25, 0.3) is 0 Å². The van der Waals surface area contributed by atoms with E-state index in [1.165, 1.54) is 0 Å². The zero-order chi connectivity index (χ0) is 11.0. The largest absolute Gasteiger partial charge is 0.488 e. The molecule has 16 heavy (non-hydrogen) atoms. The summed E-state index contributed by atoms with van der Waals surface area (Å²) < 4.78 is 5.69. The molecule has 2 aromatic rings. The molecule has 0 bridgehead atoms. The van der Waals surface area contributed by atoms with Gasteiger partial charge in [0.05, 0.1) is 11.6 Å². The second kappa shape index (κ2) is 3.76. The molecule has 0 amide bonds. The zero-order valence-corrected chi connectivity index (χ0v) is 8.84. The Morgan fingerprint density at radius 3 is 2.94 bits per heavy atom. The van der Waals surface area contributed by atoms with Gasteiger partial charge in [-0.25, -0.2) is 0 Å². The number of aromatic nitrogens is 1. The quantitative estimate of drug-likeness (QED) is 0.834. The molecule has 0 aliphatic heterocycles. The highest BCUT2D eigenvalue weighted by atomic mass is 16.5. The second-order valence-electron chi connectivity index (χ2n) is 4.16. The molecule has 3 rings (SSSR count). The number of hydrogen-bond donors (Lipinski definition) is 1. The number of ether oxygens (including phenoxy) is 1. The molecule has 82 valence electrons. The van der Waals surface area contributed by atoms with Gasteiger partial charge in [-0.2, -0.15) is 0 Å². The van der Waals surface area contributed by atoms with Crippen molar-refractivity contribution in [1.29, 1.82) is 0 Å². The number of rotatable bonds is 2. The third-order valence-corrected chi connectivity index (χ3v) is 3.04. The number of fused-ring (bicyclic) bond motifs is 1. The van der Waals surface area contributed by atoms with Crippen LogP contribution in [0.15, 0.2) is 36.5 Å².